The lowest BCUT2D eigenvalue weighted by Gasteiger charge is -2.39. The van der Waals surface area contributed by atoms with Crippen LogP contribution in [0.1, 0.15) is 50.6 Å². The van der Waals surface area contributed by atoms with Crippen LogP contribution in [0.4, 0.5) is 8.78 Å². The highest BCUT2D eigenvalue weighted by Crippen LogP contribution is 2.45. The van der Waals surface area contributed by atoms with Gasteiger partial charge in [-0.1, -0.05) is 32.3 Å². The van der Waals surface area contributed by atoms with Gasteiger partial charge in [-0.05, 0) is 30.4 Å². The van der Waals surface area contributed by atoms with Crippen LogP contribution in [0.3, 0.4) is 0 Å². The van der Waals surface area contributed by atoms with Gasteiger partial charge in [0.1, 0.15) is 11.6 Å². The van der Waals surface area contributed by atoms with Crippen LogP contribution in [0, 0.1) is 17.0 Å². The Kier molecular flexibility index (Phi) is 3.48. The zero-order chi connectivity index (χ0) is 12.5. The molecule has 1 unspecified atom stereocenters. The molecule has 0 amide bonds. The SMILES string of the molecule is CC1(C(N)c2c(F)cccc2F)CCCCC1. The molecule has 0 heterocycles. The average Bonchev–Trinajstić information content (AvgIpc) is 2.29. The van der Waals surface area contributed by atoms with Crippen LogP contribution in [0.2, 0.25) is 0 Å². The minimum atomic E-state index is -0.552. The van der Waals surface area contributed by atoms with E-state index in [1.807, 2.05) is 6.92 Å². The molecule has 1 aliphatic rings. The Balaban J connectivity index is 2.32. The molecule has 17 heavy (non-hydrogen) atoms. The van der Waals surface area contributed by atoms with Crippen molar-refractivity contribution in [1.29, 1.82) is 0 Å². The monoisotopic (exact) mass is 239 g/mol. The summed E-state index contributed by atoms with van der Waals surface area (Å²) in [6.45, 7) is 2.04. The van der Waals surface area contributed by atoms with E-state index >= 15 is 0 Å². The van der Waals surface area contributed by atoms with E-state index < -0.39 is 17.7 Å². The van der Waals surface area contributed by atoms with Crippen LogP contribution < -0.4 is 5.73 Å². The number of halogens is 2. The van der Waals surface area contributed by atoms with Gasteiger partial charge in [-0.3, -0.25) is 0 Å². The van der Waals surface area contributed by atoms with E-state index in [4.69, 9.17) is 5.73 Å². The molecule has 1 nitrogen and oxygen atoms in total. The predicted molar refractivity (Wildman–Crippen MR) is 64.5 cm³/mol. The molecule has 0 saturated heterocycles. The van der Waals surface area contributed by atoms with Crippen molar-refractivity contribution in [2.24, 2.45) is 11.1 Å². The maximum absolute atomic E-state index is 13.7. The molecule has 0 aliphatic heterocycles. The van der Waals surface area contributed by atoms with E-state index in [1.54, 1.807) is 0 Å². The number of nitrogens with two attached hydrogens (primary N) is 1. The summed E-state index contributed by atoms with van der Waals surface area (Å²) in [5.41, 5.74) is 6.00. The molecule has 0 bridgehead atoms. The van der Waals surface area contributed by atoms with Crippen molar-refractivity contribution < 1.29 is 8.78 Å². The Morgan fingerprint density at radius 2 is 1.65 bits per heavy atom. The molecule has 0 aromatic heterocycles. The fraction of sp³-hybridized carbons (Fsp3) is 0.571. The Labute approximate surface area is 101 Å². The molecular weight excluding hydrogens is 220 g/mol. The Morgan fingerprint density at radius 1 is 1.12 bits per heavy atom. The van der Waals surface area contributed by atoms with Gasteiger partial charge in [0.15, 0.2) is 0 Å². The fourth-order valence-corrected chi connectivity index (χ4v) is 2.83. The summed E-state index contributed by atoms with van der Waals surface area (Å²) in [6, 6.07) is 3.39. The normalized spacial score (nSPS) is 21.2. The molecule has 2 N–H and O–H groups in total. The highest BCUT2D eigenvalue weighted by molar-refractivity contribution is 5.25. The van der Waals surface area contributed by atoms with Gasteiger partial charge in [0.2, 0.25) is 0 Å². The van der Waals surface area contributed by atoms with Gasteiger partial charge in [-0.25, -0.2) is 8.78 Å². The summed E-state index contributed by atoms with van der Waals surface area (Å²) in [5, 5.41) is 0. The van der Waals surface area contributed by atoms with Crippen LogP contribution in [-0.4, -0.2) is 0 Å². The highest BCUT2D eigenvalue weighted by Gasteiger charge is 2.36. The second-order valence-electron chi connectivity index (χ2n) is 5.33. The van der Waals surface area contributed by atoms with E-state index in [9.17, 15) is 8.78 Å². The van der Waals surface area contributed by atoms with Crippen molar-refractivity contribution in [3.8, 4) is 0 Å². The zero-order valence-corrected chi connectivity index (χ0v) is 10.2. The highest BCUT2D eigenvalue weighted by atomic mass is 19.1. The lowest BCUT2D eigenvalue weighted by atomic mass is 9.69. The number of hydrogen-bond acceptors (Lipinski definition) is 1. The first-order chi connectivity index (χ1) is 8.04. The van der Waals surface area contributed by atoms with Crippen molar-refractivity contribution in [3.05, 3.63) is 35.4 Å². The molecule has 1 atom stereocenters. The Morgan fingerprint density at radius 3 is 2.18 bits per heavy atom. The summed E-state index contributed by atoms with van der Waals surface area (Å²) >= 11 is 0. The molecule has 0 radical (unpaired) electrons. The third kappa shape index (κ3) is 2.34. The third-order valence-corrected chi connectivity index (χ3v) is 4.06. The summed E-state index contributed by atoms with van der Waals surface area (Å²) in [5.74, 6) is -1.05. The van der Waals surface area contributed by atoms with E-state index in [0.717, 1.165) is 25.7 Å². The molecule has 1 saturated carbocycles. The van der Waals surface area contributed by atoms with Gasteiger partial charge in [0, 0.05) is 11.6 Å². The van der Waals surface area contributed by atoms with Crippen LogP contribution in [0.5, 0.6) is 0 Å². The molecule has 2 rings (SSSR count). The maximum atomic E-state index is 13.7. The molecule has 94 valence electrons. The largest absolute Gasteiger partial charge is 0.323 e. The summed E-state index contributed by atoms with van der Waals surface area (Å²) in [4.78, 5) is 0. The van der Waals surface area contributed by atoms with Crippen molar-refractivity contribution in [1.82, 2.24) is 0 Å². The van der Waals surface area contributed by atoms with Crippen molar-refractivity contribution in [2.45, 2.75) is 45.1 Å². The third-order valence-electron chi connectivity index (χ3n) is 4.06. The van der Waals surface area contributed by atoms with Crippen molar-refractivity contribution in [2.75, 3.05) is 0 Å². The van der Waals surface area contributed by atoms with E-state index in [1.165, 1.54) is 24.6 Å². The lowest BCUT2D eigenvalue weighted by Crippen LogP contribution is -2.35. The molecule has 0 spiro atoms. The quantitative estimate of drug-likeness (QED) is 0.831. The summed E-state index contributed by atoms with van der Waals surface area (Å²) in [6.07, 6.45) is 5.28. The second-order valence-corrected chi connectivity index (χ2v) is 5.33. The molecular formula is C14H19F2N. The van der Waals surface area contributed by atoms with Gasteiger partial charge in [-0.2, -0.15) is 0 Å². The van der Waals surface area contributed by atoms with Crippen molar-refractivity contribution >= 4 is 0 Å². The molecule has 3 heteroatoms. The lowest BCUT2D eigenvalue weighted by molar-refractivity contribution is 0.165. The summed E-state index contributed by atoms with van der Waals surface area (Å²) < 4.78 is 27.4. The van der Waals surface area contributed by atoms with Gasteiger partial charge >= 0.3 is 0 Å². The van der Waals surface area contributed by atoms with E-state index in [0.29, 0.717) is 0 Å². The number of rotatable bonds is 2. The first-order valence-electron chi connectivity index (χ1n) is 6.24. The molecule has 1 aromatic carbocycles. The van der Waals surface area contributed by atoms with Crippen LogP contribution >= 0.6 is 0 Å². The van der Waals surface area contributed by atoms with Gasteiger partial charge < -0.3 is 5.73 Å². The van der Waals surface area contributed by atoms with Crippen molar-refractivity contribution in [3.63, 3.8) is 0 Å². The standard InChI is InChI=1S/C14H19F2N/c1-14(8-3-2-4-9-14)13(17)12-10(15)6-5-7-11(12)16/h5-7,13H,2-4,8-9,17H2,1H3. The zero-order valence-electron chi connectivity index (χ0n) is 10.2. The smallest absolute Gasteiger partial charge is 0.130 e. The maximum Gasteiger partial charge on any atom is 0.130 e. The Hall–Kier alpha value is -0.960. The fourth-order valence-electron chi connectivity index (χ4n) is 2.83. The van der Waals surface area contributed by atoms with Crippen LogP contribution in [-0.2, 0) is 0 Å². The topological polar surface area (TPSA) is 26.0 Å². The average molecular weight is 239 g/mol. The summed E-state index contributed by atoms with van der Waals surface area (Å²) in [7, 11) is 0. The molecule has 1 aromatic rings. The van der Waals surface area contributed by atoms with Crippen LogP contribution in [0.25, 0.3) is 0 Å². The first-order valence-corrected chi connectivity index (χ1v) is 6.24. The van der Waals surface area contributed by atoms with Gasteiger partial charge in [0.05, 0.1) is 0 Å². The predicted octanol–water partition coefficient (Wildman–Crippen LogP) is 3.94. The first kappa shape index (κ1) is 12.5. The van der Waals surface area contributed by atoms with E-state index in [-0.39, 0.29) is 11.0 Å². The second kappa shape index (κ2) is 4.73. The minimum absolute atomic E-state index is 0.0527. The number of benzene rings is 1. The number of hydrogen-bond donors (Lipinski definition) is 1. The van der Waals surface area contributed by atoms with Gasteiger partial charge in [0.25, 0.3) is 0 Å². The Bertz CT molecular complexity index is 377. The molecule has 1 aliphatic carbocycles. The van der Waals surface area contributed by atoms with E-state index in [2.05, 4.69) is 0 Å². The minimum Gasteiger partial charge on any atom is -0.323 e. The molecule has 1 fully saturated rings. The van der Waals surface area contributed by atoms with Crippen LogP contribution in [0.15, 0.2) is 18.2 Å². The van der Waals surface area contributed by atoms with Gasteiger partial charge in [-0.15, -0.1) is 0 Å².